The number of carbonyl (C=O) groups is 1. The summed E-state index contributed by atoms with van der Waals surface area (Å²) in [4.78, 5) is 20.8. The minimum Gasteiger partial charge on any atom is -0.493 e. The highest BCUT2D eigenvalue weighted by molar-refractivity contribution is 5.87. The lowest BCUT2D eigenvalue weighted by molar-refractivity contribution is 0.187. The van der Waals surface area contributed by atoms with Gasteiger partial charge in [-0.3, -0.25) is 5.32 Å². The van der Waals surface area contributed by atoms with Gasteiger partial charge in [0.25, 0.3) is 0 Å². The van der Waals surface area contributed by atoms with Crippen molar-refractivity contribution in [2.45, 2.75) is 6.54 Å². The first-order valence-electron chi connectivity index (χ1n) is 7.13. The Kier molecular flexibility index (Phi) is 4.22. The number of methoxy groups -OCH3 is 2. The Hall–Kier alpha value is -2.90. The highest BCUT2D eigenvalue weighted by Gasteiger charge is 2.24. The summed E-state index contributed by atoms with van der Waals surface area (Å²) in [5.41, 5.74) is 2.33. The average molecular weight is 318 g/mol. The Morgan fingerprint density at radius 2 is 2.35 bits per heavy atom. The number of nitrogens with zero attached hydrogens (tertiary/aromatic N) is 2. The second-order valence-corrected chi connectivity index (χ2v) is 4.97. The van der Waals surface area contributed by atoms with Crippen LogP contribution in [0.1, 0.15) is 5.69 Å². The minimum atomic E-state index is -0.539. The van der Waals surface area contributed by atoms with Gasteiger partial charge >= 0.3 is 6.09 Å². The fourth-order valence-electron chi connectivity index (χ4n) is 2.48. The van der Waals surface area contributed by atoms with Crippen LogP contribution in [0, 0.1) is 0 Å². The van der Waals surface area contributed by atoms with Crippen LogP contribution in [0.4, 0.5) is 16.2 Å². The van der Waals surface area contributed by atoms with Crippen LogP contribution in [0.15, 0.2) is 24.7 Å². The topological polar surface area (TPSA) is 88.7 Å². The van der Waals surface area contributed by atoms with Crippen molar-refractivity contribution in [3.8, 4) is 11.5 Å². The van der Waals surface area contributed by atoms with E-state index >= 15 is 0 Å². The zero-order valence-corrected chi connectivity index (χ0v) is 13.0. The van der Waals surface area contributed by atoms with Gasteiger partial charge in [-0.15, -0.1) is 0 Å². The Labute approximate surface area is 133 Å². The van der Waals surface area contributed by atoms with E-state index < -0.39 is 6.09 Å². The molecule has 2 N–H and O–H groups in total. The second-order valence-electron chi connectivity index (χ2n) is 4.97. The van der Waals surface area contributed by atoms with Gasteiger partial charge in [0.2, 0.25) is 0 Å². The standard InChI is InChI=1S/C15H18N4O4/c1-21-13-6-10(18-15(20)22-2)5-12-14(13)23-4-3-19(12)8-11-7-16-9-17-11/h5-7,9H,3-4,8H2,1-2H3,(H,16,17)(H,18,20). The maximum Gasteiger partial charge on any atom is 0.411 e. The first-order valence-corrected chi connectivity index (χ1v) is 7.13. The van der Waals surface area contributed by atoms with E-state index in [1.807, 2.05) is 12.3 Å². The zero-order chi connectivity index (χ0) is 16.2. The minimum absolute atomic E-state index is 0.539. The van der Waals surface area contributed by atoms with Gasteiger partial charge in [0, 0.05) is 12.3 Å². The fraction of sp³-hybridized carbons (Fsp3) is 0.333. The van der Waals surface area contributed by atoms with Crippen LogP contribution in [-0.2, 0) is 11.3 Å². The molecule has 0 aliphatic carbocycles. The Morgan fingerprint density at radius 3 is 3.04 bits per heavy atom. The van der Waals surface area contributed by atoms with Crippen LogP contribution in [0.25, 0.3) is 0 Å². The van der Waals surface area contributed by atoms with Gasteiger partial charge in [-0.2, -0.15) is 0 Å². The molecule has 3 rings (SSSR count). The number of imidazole rings is 1. The molecule has 0 fully saturated rings. The molecule has 0 unspecified atom stereocenters. The molecular weight excluding hydrogens is 300 g/mol. The fourth-order valence-corrected chi connectivity index (χ4v) is 2.48. The summed E-state index contributed by atoms with van der Waals surface area (Å²) in [6, 6.07) is 3.54. The molecule has 0 radical (unpaired) electrons. The van der Waals surface area contributed by atoms with Gasteiger partial charge in [-0.05, 0) is 6.07 Å². The summed E-state index contributed by atoms with van der Waals surface area (Å²) in [5, 5.41) is 2.65. The van der Waals surface area contributed by atoms with E-state index in [1.54, 1.807) is 19.5 Å². The summed E-state index contributed by atoms with van der Waals surface area (Å²) in [7, 11) is 2.88. The number of aromatic nitrogens is 2. The number of hydrogen-bond acceptors (Lipinski definition) is 6. The maximum atomic E-state index is 11.5. The lowest BCUT2D eigenvalue weighted by atomic mass is 10.2. The molecule has 1 aromatic heterocycles. The lowest BCUT2D eigenvalue weighted by Crippen LogP contribution is -2.32. The van der Waals surface area contributed by atoms with E-state index in [9.17, 15) is 4.79 Å². The Balaban J connectivity index is 1.95. The number of H-pyrrole nitrogens is 1. The van der Waals surface area contributed by atoms with Gasteiger partial charge in [0.1, 0.15) is 6.61 Å². The number of anilines is 2. The molecule has 1 aliphatic heterocycles. The molecule has 0 bridgehead atoms. The van der Waals surface area contributed by atoms with Crippen molar-refractivity contribution in [3.05, 3.63) is 30.4 Å². The number of rotatable bonds is 4. The predicted molar refractivity (Wildman–Crippen MR) is 84.2 cm³/mol. The van der Waals surface area contributed by atoms with Crippen molar-refractivity contribution < 1.29 is 19.0 Å². The van der Waals surface area contributed by atoms with E-state index in [0.29, 0.717) is 36.9 Å². The SMILES string of the molecule is COC(=O)Nc1cc(OC)c2c(c1)N(Cc1c[nH]cn1)CCO2. The highest BCUT2D eigenvalue weighted by atomic mass is 16.5. The van der Waals surface area contributed by atoms with Crippen LogP contribution in [0.3, 0.4) is 0 Å². The summed E-state index contributed by atoms with van der Waals surface area (Å²) < 4.78 is 15.8. The smallest absolute Gasteiger partial charge is 0.411 e. The number of amides is 1. The number of carbonyl (C=O) groups excluding carboxylic acids is 1. The molecule has 2 aromatic rings. The highest BCUT2D eigenvalue weighted by Crippen LogP contribution is 2.43. The van der Waals surface area contributed by atoms with Gasteiger partial charge < -0.3 is 24.1 Å². The summed E-state index contributed by atoms with van der Waals surface area (Å²) >= 11 is 0. The Morgan fingerprint density at radius 1 is 1.48 bits per heavy atom. The molecule has 0 saturated heterocycles. The van der Waals surface area contributed by atoms with Crippen LogP contribution < -0.4 is 19.7 Å². The molecule has 1 aromatic carbocycles. The number of aromatic amines is 1. The number of ether oxygens (including phenoxy) is 3. The molecule has 1 aliphatic rings. The first kappa shape index (κ1) is 15.0. The molecule has 0 saturated carbocycles. The van der Waals surface area contributed by atoms with Crippen molar-refractivity contribution >= 4 is 17.5 Å². The zero-order valence-electron chi connectivity index (χ0n) is 13.0. The van der Waals surface area contributed by atoms with Crippen LogP contribution >= 0.6 is 0 Å². The quantitative estimate of drug-likeness (QED) is 0.896. The van der Waals surface area contributed by atoms with Crippen LogP contribution in [0.5, 0.6) is 11.5 Å². The lowest BCUT2D eigenvalue weighted by Gasteiger charge is -2.32. The molecule has 0 atom stereocenters. The van der Waals surface area contributed by atoms with Crippen molar-refractivity contribution in [2.24, 2.45) is 0 Å². The molecule has 23 heavy (non-hydrogen) atoms. The monoisotopic (exact) mass is 318 g/mol. The van der Waals surface area contributed by atoms with Crippen LogP contribution in [0.2, 0.25) is 0 Å². The summed E-state index contributed by atoms with van der Waals surface area (Å²) in [6.07, 6.45) is 2.96. The van der Waals surface area contributed by atoms with E-state index in [-0.39, 0.29) is 0 Å². The van der Waals surface area contributed by atoms with Gasteiger partial charge in [-0.25, -0.2) is 9.78 Å². The normalized spacial score (nSPS) is 13.0. The van der Waals surface area contributed by atoms with Gasteiger partial charge in [0.15, 0.2) is 11.5 Å². The van der Waals surface area contributed by atoms with E-state index in [1.165, 1.54) is 7.11 Å². The maximum absolute atomic E-state index is 11.5. The van der Waals surface area contributed by atoms with Crippen molar-refractivity contribution in [2.75, 3.05) is 37.6 Å². The van der Waals surface area contributed by atoms with Crippen molar-refractivity contribution in [3.63, 3.8) is 0 Å². The molecule has 122 valence electrons. The van der Waals surface area contributed by atoms with E-state index in [0.717, 1.165) is 11.4 Å². The van der Waals surface area contributed by atoms with Gasteiger partial charge in [0.05, 0.1) is 50.7 Å². The van der Waals surface area contributed by atoms with Crippen molar-refractivity contribution in [1.29, 1.82) is 0 Å². The predicted octanol–water partition coefficient (Wildman–Crippen LogP) is 2.00. The first-order chi connectivity index (χ1) is 11.2. The van der Waals surface area contributed by atoms with Gasteiger partial charge in [-0.1, -0.05) is 0 Å². The number of benzene rings is 1. The Bertz CT molecular complexity index is 687. The van der Waals surface area contributed by atoms with Crippen molar-refractivity contribution in [1.82, 2.24) is 9.97 Å². The number of fused-ring (bicyclic) bond motifs is 1. The molecule has 0 spiro atoms. The average Bonchev–Trinajstić information content (AvgIpc) is 3.07. The number of nitrogens with one attached hydrogen (secondary N) is 2. The summed E-state index contributed by atoms with van der Waals surface area (Å²) in [5.74, 6) is 1.21. The van der Waals surface area contributed by atoms with E-state index in [2.05, 4.69) is 24.9 Å². The third-order valence-electron chi connectivity index (χ3n) is 3.54. The molecule has 2 heterocycles. The number of hydrogen-bond donors (Lipinski definition) is 2. The third-order valence-corrected chi connectivity index (χ3v) is 3.54. The van der Waals surface area contributed by atoms with E-state index in [4.69, 9.17) is 9.47 Å². The second kappa shape index (κ2) is 6.47. The molecule has 8 heteroatoms. The third kappa shape index (κ3) is 3.15. The molecule has 8 nitrogen and oxygen atoms in total. The summed E-state index contributed by atoms with van der Waals surface area (Å²) in [6.45, 7) is 1.90. The largest absolute Gasteiger partial charge is 0.493 e. The molecule has 1 amide bonds. The van der Waals surface area contributed by atoms with Crippen LogP contribution in [-0.4, -0.2) is 43.4 Å². The molecular formula is C15H18N4O4.